The van der Waals surface area contributed by atoms with Gasteiger partial charge in [0.25, 0.3) is 5.91 Å². The van der Waals surface area contributed by atoms with Crippen molar-refractivity contribution in [1.29, 1.82) is 0 Å². The molecule has 0 saturated heterocycles. The first-order valence-electron chi connectivity index (χ1n) is 7.87. The van der Waals surface area contributed by atoms with Gasteiger partial charge in [0, 0.05) is 17.1 Å². The molecule has 0 bridgehead atoms. The molecular weight excluding hydrogens is 306 g/mol. The van der Waals surface area contributed by atoms with Crippen LogP contribution in [0.5, 0.6) is 0 Å². The number of rotatable bonds is 6. The number of benzene rings is 2. The van der Waals surface area contributed by atoms with Crippen molar-refractivity contribution in [2.45, 2.75) is 20.3 Å². The Labute approximate surface area is 143 Å². The smallest absolute Gasteiger partial charge is 0.251 e. The summed E-state index contributed by atoms with van der Waals surface area (Å²) in [5.41, 5.74) is 2.35. The summed E-state index contributed by atoms with van der Waals surface area (Å²) >= 11 is 6.23. The van der Waals surface area contributed by atoms with Crippen molar-refractivity contribution in [3.63, 3.8) is 0 Å². The number of carbonyl (C=O) groups is 1. The van der Waals surface area contributed by atoms with Gasteiger partial charge in [0.15, 0.2) is 0 Å². The van der Waals surface area contributed by atoms with Gasteiger partial charge in [0.2, 0.25) is 0 Å². The van der Waals surface area contributed by atoms with Crippen LogP contribution in [-0.2, 0) is 4.79 Å². The fourth-order valence-corrected chi connectivity index (χ4v) is 2.41. The molecule has 2 nitrogen and oxygen atoms in total. The Bertz CT molecular complexity index is 677. The highest BCUT2D eigenvalue weighted by atomic mass is 35.5. The van der Waals surface area contributed by atoms with Gasteiger partial charge in [-0.3, -0.25) is 4.79 Å². The molecule has 0 aromatic heterocycles. The van der Waals surface area contributed by atoms with Gasteiger partial charge in [-0.25, -0.2) is 0 Å². The second-order valence-corrected chi connectivity index (χ2v) is 6.29. The lowest BCUT2D eigenvalue weighted by Gasteiger charge is -2.11. The number of nitrogens with one attached hydrogen (secondary N) is 1. The average Bonchev–Trinajstić information content (AvgIpc) is 2.54. The highest BCUT2D eigenvalue weighted by molar-refractivity contribution is 6.33. The lowest BCUT2D eigenvalue weighted by molar-refractivity contribution is -0.115. The average molecular weight is 328 g/mol. The molecule has 0 spiro atoms. The summed E-state index contributed by atoms with van der Waals surface area (Å²) in [7, 11) is 0. The van der Waals surface area contributed by atoms with Crippen LogP contribution in [0.1, 0.15) is 31.4 Å². The molecule has 2 aromatic rings. The van der Waals surface area contributed by atoms with E-state index in [4.69, 9.17) is 11.6 Å². The third-order valence-corrected chi connectivity index (χ3v) is 3.89. The Kier molecular flexibility index (Phi) is 6.42. The Morgan fingerprint density at radius 2 is 1.74 bits per heavy atom. The molecule has 0 saturated carbocycles. The van der Waals surface area contributed by atoms with Crippen LogP contribution in [0, 0.1) is 5.92 Å². The molecule has 0 fully saturated rings. The Morgan fingerprint density at radius 3 is 2.39 bits per heavy atom. The predicted molar refractivity (Wildman–Crippen MR) is 98.2 cm³/mol. The summed E-state index contributed by atoms with van der Waals surface area (Å²) in [6.07, 6.45) is 2.81. The molecule has 3 heteroatoms. The van der Waals surface area contributed by atoms with E-state index >= 15 is 0 Å². The predicted octanol–water partition coefficient (Wildman–Crippen LogP) is 5.04. The van der Waals surface area contributed by atoms with Gasteiger partial charge in [-0.1, -0.05) is 74.0 Å². The molecule has 0 aliphatic heterocycles. The van der Waals surface area contributed by atoms with Gasteiger partial charge in [-0.05, 0) is 35.6 Å². The number of carbonyl (C=O) groups excluding carboxylic acids is 1. The van der Waals surface area contributed by atoms with Crippen LogP contribution in [0.3, 0.4) is 0 Å². The van der Waals surface area contributed by atoms with E-state index in [1.54, 1.807) is 0 Å². The topological polar surface area (TPSA) is 29.1 Å². The molecule has 0 heterocycles. The number of amides is 1. The Morgan fingerprint density at radius 1 is 1.09 bits per heavy atom. The van der Waals surface area contributed by atoms with Gasteiger partial charge < -0.3 is 5.32 Å². The van der Waals surface area contributed by atoms with Crippen molar-refractivity contribution in [2.75, 3.05) is 6.54 Å². The molecule has 0 aliphatic rings. The molecule has 0 radical (unpaired) electrons. The summed E-state index contributed by atoms with van der Waals surface area (Å²) in [5, 5.41) is 3.64. The molecule has 2 aromatic carbocycles. The quantitative estimate of drug-likeness (QED) is 0.584. The normalized spacial score (nSPS) is 11.6. The van der Waals surface area contributed by atoms with E-state index in [0.29, 0.717) is 23.1 Å². The van der Waals surface area contributed by atoms with E-state index in [-0.39, 0.29) is 5.91 Å². The Hall–Kier alpha value is -2.06. The first-order valence-corrected chi connectivity index (χ1v) is 8.25. The maximum absolute atomic E-state index is 12.6. The summed E-state index contributed by atoms with van der Waals surface area (Å²) in [6.45, 7) is 4.96. The number of halogens is 1. The highest BCUT2D eigenvalue weighted by Crippen LogP contribution is 2.23. The monoisotopic (exact) mass is 327 g/mol. The minimum atomic E-state index is -0.0724. The highest BCUT2D eigenvalue weighted by Gasteiger charge is 2.12. The van der Waals surface area contributed by atoms with E-state index in [1.165, 1.54) is 0 Å². The van der Waals surface area contributed by atoms with Crippen LogP contribution in [0.25, 0.3) is 11.6 Å². The van der Waals surface area contributed by atoms with Gasteiger partial charge in [0.1, 0.15) is 0 Å². The van der Waals surface area contributed by atoms with E-state index < -0.39 is 0 Å². The van der Waals surface area contributed by atoms with Crippen LogP contribution < -0.4 is 5.32 Å². The van der Waals surface area contributed by atoms with E-state index in [2.05, 4.69) is 19.2 Å². The van der Waals surface area contributed by atoms with Crippen LogP contribution in [0.2, 0.25) is 5.02 Å². The number of hydrogen-bond acceptors (Lipinski definition) is 1. The van der Waals surface area contributed by atoms with Gasteiger partial charge in [-0.15, -0.1) is 0 Å². The minimum absolute atomic E-state index is 0.0724. The zero-order valence-electron chi connectivity index (χ0n) is 13.6. The molecule has 0 atom stereocenters. The minimum Gasteiger partial charge on any atom is -0.352 e. The van der Waals surface area contributed by atoms with Gasteiger partial charge >= 0.3 is 0 Å². The van der Waals surface area contributed by atoms with Crippen molar-refractivity contribution in [1.82, 2.24) is 5.32 Å². The van der Waals surface area contributed by atoms with Crippen molar-refractivity contribution in [2.24, 2.45) is 5.92 Å². The van der Waals surface area contributed by atoms with Crippen molar-refractivity contribution >= 4 is 29.2 Å². The second kappa shape index (κ2) is 8.54. The fraction of sp³-hybridized carbons (Fsp3) is 0.250. The molecule has 0 unspecified atom stereocenters. The zero-order chi connectivity index (χ0) is 16.7. The molecule has 0 aliphatic carbocycles. The van der Waals surface area contributed by atoms with Gasteiger partial charge in [-0.2, -0.15) is 0 Å². The van der Waals surface area contributed by atoms with Crippen LogP contribution in [0.15, 0.2) is 54.6 Å². The molecule has 23 heavy (non-hydrogen) atoms. The zero-order valence-corrected chi connectivity index (χ0v) is 14.3. The Balaban J connectivity index is 2.29. The van der Waals surface area contributed by atoms with Gasteiger partial charge in [0.05, 0.1) is 0 Å². The van der Waals surface area contributed by atoms with Crippen molar-refractivity contribution in [3.8, 4) is 0 Å². The van der Waals surface area contributed by atoms with Crippen LogP contribution >= 0.6 is 11.6 Å². The first kappa shape index (κ1) is 17.3. The third-order valence-electron chi connectivity index (χ3n) is 3.54. The molecule has 1 amide bonds. The summed E-state index contributed by atoms with van der Waals surface area (Å²) < 4.78 is 0. The first-order chi connectivity index (χ1) is 11.1. The largest absolute Gasteiger partial charge is 0.352 e. The maximum atomic E-state index is 12.6. The molecule has 1 N–H and O–H groups in total. The fourth-order valence-electron chi connectivity index (χ4n) is 2.21. The summed E-state index contributed by atoms with van der Waals surface area (Å²) in [6, 6.07) is 17.2. The third kappa shape index (κ3) is 5.26. The van der Waals surface area contributed by atoms with Crippen LogP contribution in [-0.4, -0.2) is 12.5 Å². The van der Waals surface area contributed by atoms with E-state index in [9.17, 15) is 4.79 Å². The standard InChI is InChI=1S/C20H22ClNO/c1-15(2)12-13-22-20(23)18(16-8-4-3-5-9-16)14-17-10-6-7-11-19(17)21/h3-11,14-15H,12-13H2,1-2H3,(H,22,23)/b18-14+. The summed E-state index contributed by atoms with van der Waals surface area (Å²) in [5.74, 6) is 0.486. The maximum Gasteiger partial charge on any atom is 0.251 e. The SMILES string of the molecule is CC(C)CCNC(=O)/C(=C/c1ccccc1Cl)c1ccccc1. The molecule has 2 rings (SSSR count). The van der Waals surface area contributed by atoms with E-state index in [0.717, 1.165) is 17.5 Å². The summed E-state index contributed by atoms with van der Waals surface area (Å²) in [4.78, 5) is 12.6. The number of hydrogen-bond donors (Lipinski definition) is 1. The van der Waals surface area contributed by atoms with Crippen molar-refractivity contribution in [3.05, 3.63) is 70.7 Å². The van der Waals surface area contributed by atoms with E-state index in [1.807, 2.05) is 60.7 Å². The lowest BCUT2D eigenvalue weighted by Crippen LogP contribution is -2.26. The lowest BCUT2D eigenvalue weighted by atomic mass is 10.0. The van der Waals surface area contributed by atoms with Crippen molar-refractivity contribution < 1.29 is 4.79 Å². The molecular formula is C20H22ClNO. The second-order valence-electron chi connectivity index (χ2n) is 5.88. The van der Waals surface area contributed by atoms with Crippen LogP contribution in [0.4, 0.5) is 0 Å². The molecule has 120 valence electrons.